The average Bonchev–Trinajstić information content (AvgIpc) is 2.37. The van der Waals surface area contributed by atoms with Crippen LogP contribution in [0.5, 0.6) is 5.75 Å². The number of phenolic OH excluding ortho intramolecular Hbond substituents is 1. The van der Waals surface area contributed by atoms with E-state index in [2.05, 4.69) is 5.32 Å². The van der Waals surface area contributed by atoms with Crippen LogP contribution in [-0.2, 0) is 16.0 Å². The number of aromatic hydroxyl groups is 1. The van der Waals surface area contributed by atoms with Gasteiger partial charge < -0.3 is 15.2 Å². The number of hydrogen-bond acceptors (Lipinski definition) is 4. The van der Waals surface area contributed by atoms with Gasteiger partial charge in [-0.15, -0.1) is 0 Å². The molecule has 1 aromatic carbocycles. The molecule has 0 radical (unpaired) electrons. The van der Waals surface area contributed by atoms with Crippen LogP contribution in [0.3, 0.4) is 0 Å². The molecule has 0 fully saturated rings. The van der Waals surface area contributed by atoms with Gasteiger partial charge in [-0.3, -0.25) is 4.79 Å². The molecule has 0 aromatic heterocycles. The molecule has 0 aliphatic carbocycles. The molecule has 1 unspecified atom stereocenters. The Morgan fingerprint density at radius 1 is 1.53 bits per heavy atom. The lowest BCUT2D eigenvalue weighted by Gasteiger charge is -2.37. The number of nitrogens with one attached hydrogen (secondary N) is 1. The van der Waals surface area contributed by atoms with Crippen molar-refractivity contribution in [2.45, 2.75) is 33.2 Å². The van der Waals surface area contributed by atoms with Crippen molar-refractivity contribution in [3.63, 3.8) is 0 Å². The molecule has 1 heterocycles. The van der Waals surface area contributed by atoms with Crippen LogP contribution in [0.15, 0.2) is 18.2 Å². The third-order valence-corrected chi connectivity index (χ3v) is 3.70. The second-order valence-corrected chi connectivity index (χ2v) is 5.46. The smallest absolute Gasteiger partial charge is 0.313 e. The maximum Gasteiger partial charge on any atom is 0.313 e. The zero-order chi connectivity index (χ0) is 14.0. The van der Waals surface area contributed by atoms with Gasteiger partial charge in [0, 0.05) is 6.04 Å². The summed E-state index contributed by atoms with van der Waals surface area (Å²) < 4.78 is 5.17. The number of ether oxygens (including phenoxy) is 1. The molecule has 1 atom stereocenters. The average molecular weight is 263 g/mol. The van der Waals surface area contributed by atoms with Crippen LogP contribution >= 0.6 is 0 Å². The fourth-order valence-corrected chi connectivity index (χ4v) is 2.63. The molecule has 2 rings (SSSR count). The van der Waals surface area contributed by atoms with E-state index in [0.29, 0.717) is 6.61 Å². The number of fused-ring (bicyclic) bond motifs is 1. The largest absolute Gasteiger partial charge is 0.508 e. The predicted molar refractivity (Wildman–Crippen MR) is 73.0 cm³/mol. The number of rotatable bonds is 3. The first-order chi connectivity index (χ1) is 8.96. The van der Waals surface area contributed by atoms with E-state index in [1.807, 2.05) is 26.8 Å². The van der Waals surface area contributed by atoms with Gasteiger partial charge in [0.15, 0.2) is 0 Å². The Balaban J connectivity index is 2.35. The van der Waals surface area contributed by atoms with E-state index < -0.39 is 5.41 Å². The standard InChI is InChI=1S/C15H21NO3/c1-4-19-14(18)15(2,3)13-12-6-5-11(17)9-10(12)7-8-16-13/h5-6,9,13,16-17H,4,7-8H2,1-3H3. The fourth-order valence-electron chi connectivity index (χ4n) is 2.63. The van der Waals surface area contributed by atoms with Crippen LogP contribution in [0.4, 0.5) is 0 Å². The van der Waals surface area contributed by atoms with Crippen molar-refractivity contribution in [2.24, 2.45) is 5.41 Å². The molecule has 1 aliphatic heterocycles. The summed E-state index contributed by atoms with van der Waals surface area (Å²) in [4.78, 5) is 12.1. The molecule has 2 N–H and O–H groups in total. The molecule has 19 heavy (non-hydrogen) atoms. The van der Waals surface area contributed by atoms with Crippen molar-refractivity contribution in [1.82, 2.24) is 5.32 Å². The highest BCUT2D eigenvalue weighted by molar-refractivity contribution is 5.77. The summed E-state index contributed by atoms with van der Waals surface area (Å²) >= 11 is 0. The molecule has 0 amide bonds. The monoisotopic (exact) mass is 263 g/mol. The summed E-state index contributed by atoms with van der Waals surface area (Å²) in [5, 5.41) is 13.0. The molecule has 4 heteroatoms. The third kappa shape index (κ3) is 2.59. The molecular formula is C15H21NO3. The maximum absolute atomic E-state index is 12.1. The highest BCUT2D eigenvalue weighted by atomic mass is 16.5. The van der Waals surface area contributed by atoms with Gasteiger partial charge in [0.1, 0.15) is 5.75 Å². The molecule has 0 bridgehead atoms. The molecule has 104 valence electrons. The number of benzene rings is 1. The molecule has 4 nitrogen and oxygen atoms in total. The highest BCUT2D eigenvalue weighted by Gasteiger charge is 2.41. The topological polar surface area (TPSA) is 58.6 Å². The van der Waals surface area contributed by atoms with Crippen LogP contribution in [0.1, 0.15) is 37.9 Å². The van der Waals surface area contributed by atoms with Crippen LogP contribution in [0.2, 0.25) is 0 Å². The van der Waals surface area contributed by atoms with Gasteiger partial charge in [-0.05, 0) is 57.0 Å². The van der Waals surface area contributed by atoms with E-state index in [1.54, 1.807) is 12.1 Å². The van der Waals surface area contributed by atoms with Gasteiger partial charge in [-0.1, -0.05) is 6.07 Å². The number of hydrogen-bond donors (Lipinski definition) is 2. The number of phenols is 1. The van der Waals surface area contributed by atoms with E-state index >= 15 is 0 Å². The van der Waals surface area contributed by atoms with Gasteiger partial charge in [-0.25, -0.2) is 0 Å². The number of carbonyl (C=O) groups is 1. The van der Waals surface area contributed by atoms with Gasteiger partial charge in [0.25, 0.3) is 0 Å². The third-order valence-electron chi connectivity index (χ3n) is 3.70. The number of carbonyl (C=O) groups excluding carboxylic acids is 1. The second kappa shape index (κ2) is 5.21. The molecular weight excluding hydrogens is 242 g/mol. The van der Waals surface area contributed by atoms with E-state index in [-0.39, 0.29) is 17.8 Å². The Bertz CT molecular complexity index is 482. The normalized spacial score (nSPS) is 18.8. The van der Waals surface area contributed by atoms with Gasteiger partial charge in [-0.2, -0.15) is 0 Å². The lowest BCUT2D eigenvalue weighted by atomic mass is 9.77. The quantitative estimate of drug-likeness (QED) is 0.821. The lowest BCUT2D eigenvalue weighted by molar-refractivity contribution is -0.155. The van der Waals surface area contributed by atoms with Crippen LogP contribution in [0, 0.1) is 5.41 Å². The molecule has 1 aliphatic rings. The van der Waals surface area contributed by atoms with E-state index in [0.717, 1.165) is 24.1 Å². The maximum atomic E-state index is 12.1. The minimum atomic E-state index is -0.637. The SMILES string of the molecule is CCOC(=O)C(C)(C)C1NCCc2cc(O)ccc21. The molecule has 1 aromatic rings. The zero-order valence-corrected chi connectivity index (χ0v) is 11.7. The van der Waals surface area contributed by atoms with Crippen LogP contribution < -0.4 is 5.32 Å². The van der Waals surface area contributed by atoms with Crippen molar-refractivity contribution >= 4 is 5.97 Å². The van der Waals surface area contributed by atoms with Crippen LogP contribution in [-0.4, -0.2) is 24.2 Å². The molecule has 0 spiro atoms. The van der Waals surface area contributed by atoms with E-state index in [9.17, 15) is 9.90 Å². The Kier molecular flexibility index (Phi) is 3.80. The summed E-state index contributed by atoms with van der Waals surface area (Å²) in [6, 6.07) is 5.25. The zero-order valence-electron chi connectivity index (χ0n) is 11.7. The van der Waals surface area contributed by atoms with E-state index in [4.69, 9.17) is 4.74 Å². The summed E-state index contributed by atoms with van der Waals surface area (Å²) in [6.07, 6.45) is 0.860. The van der Waals surface area contributed by atoms with Crippen molar-refractivity contribution in [3.8, 4) is 5.75 Å². The summed E-state index contributed by atoms with van der Waals surface area (Å²) in [6.45, 7) is 6.78. The first-order valence-corrected chi connectivity index (χ1v) is 6.69. The summed E-state index contributed by atoms with van der Waals surface area (Å²) in [7, 11) is 0. The minimum absolute atomic E-state index is 0.0871. The van der Waals surface area contributed by atoms with Crippen molar-refractivity contribution in [3.05, 3.63) is 29.3 Å². The minimum Gasteiger partial charge on any atom is -0.508 e. The van der Waals surface area contributed by atoms with Crippen molar-refractivity contribution in [2.75, 3.05) is 13.2 Å². The Morgan fingerprint density at radius 3 is 2.95 bits per heavy atom. The van der Waals surface area contributed by atoms with Gasteiger partial charge in [0.05, 0.1) is 12.0 Å². The van der Waals surface area contributed by atoms with E-state index in [1.165, 1.54) is 0 Å². The van der Waals surface area contributed by atoms with Gasteiger partial charge >= 0.3 is 5.97 Å². The number of esters is 1. The summed E-state index contributed by atoms with van der Waals surface area (Å²) in [5.74, 6) is 0.0711. The van der Waals surface area contributed by atoms with Crippen LogP contribution in [0.25, 0.3) is 0 Å². The fraction of sp³-hybridized carbons (Fsp3) is 0.533. The molecule has 0 saturated carbocycles. The molecule has 0 saturated heterocycles. The van der Waals surface area contributed by atoms with Gasteiger partial charge in [0.2, 0.25) is 0 Å². The van der Waals surface area contributed by atoms with Crippen molar-refractivity contribution < 1.29 is 14.6 Å². The second-order valence-electron chi connectivity index (χ2n) is 5.46. The lowest BCUT2D eigenvalue weighted by Crippen LogP contribution is -2.44. The Labute approximate surface area is 113 Å². The summed E-state index contributed by atoms with van der Waals surface area (Å²) in [5.41, 5.74) is 1.53. The Hall–Kier alpha value is -1.55. The predicted octanol–water partition coefficient (Wildman–Crippen LogP) is 2.17. The Morgan fingerprint density at radius 2 is 2.26 bits per heavy atom. The first-order valence-electron chi connectivity index (χ1n) is 6.69. The van der Waals surface area contributed by atoms with Crippen molar-refractivity contribution in [1.29, 1.82) is 0 Å². The highest BCUT2D eigenvalue weighted by Crippen LogP contribution is 2.39. The first kappa shape index (κ1) is 13.9.